The first-order valence-electron chi connectivity index (χ1n) is 5.64. The van der Waals surface area contributed by atoms with Crippen molar-refractivity contribution in [1.29, 1.82) is 0 Å². The molecule has 0 heterocycles. The zero-order valence-electron chi connectivity index (χ0n) is 11.1. The van der Waals surface area contributed by atoms with E-state index in [1.807, 2.05) is 40.7 Å². The van der Waals surface area contributed by atoms with Crippen molar-refractivity contribution in [3.63, 3.8) is 0 Å². The highest BCUT2D eigenvalue weighted by Gasteiger charge is 2.37. The molecule has 1 unspecified atom stereocenters. The number of carbonyl (C=O) groups is 1. The lowest BCUT2D eigenvalue weighted by Crippen LogP contribution is -2.39. The second kappa shape index (κ2) is 4.30. The molecule has 1 aliphatic carbocycles. The summed E-state index contributed by atoms with van der Waals surface area (Å²) in [6.07, 6.45) is 2.55. The number of hydrogen-bond acceptors (Lipinski definition) is 3. The Labute approximate surface area is 97.8 Å². The van der Waals surface area contributed by atoms with Crippen molar-refractivity contribution in [3.8, 4) is 0 Å². The molecule has 1 rings (SSSR count). The van der Waals surface area contributed by atoms with Gasteiger partial charge in [0.05, 0.1) is 6.10 Å². The van der Waals surface area contributed by atoms with Crippen molar-refractivity contribution in [3.05, 3.63) is 11.6 Å². The van der Waals surface area contributed by atoms with E-state index in [4.69, 9.17) is 9.47 Å². The van der Waals surface area contributed by atoms with Gasteiger partial charge in [-0.1, -0.05) is 13.8 Å². The summed E-state index contributed by atoms with van der Waals surface area (Å²) in [5.41, 5.74) is 0.445. The average molecular weight is 226 g/mol. The van der Waals surface area contributed by atoms with E-state index >= 15 is 0 Å². The van der Waals surface area contributed by atoms with Crippen LogP contribution in [0.3, 0.4) is 0 Å². The monoisotopic (exact) mass is 226 g/mol. The molecule has 0 N–H and O–H groups in total. The lowest BCUT2D eigenvalue weighted by atomic mass is 9.75. The Morgan fingerprint density at radius 2 is 2.00 bits per heavy atom. The predicted molar refractivity (Wildman–Crippen MR) is 63.1 cm³/mol. The van der Waals surface area contributed by atoms with Crippen molar-refractivity contribution in [2.75, 3.05) is 7.11 Å². The van der Waals surface area contributed by atoms with Crippen molar-refractivity contribution < 1.29 is 14.3 Å². The van der Waals surface area contributed by atoms with E-state index in [9.17, 15) is 4.79 Å². The molecule has 0 amide bonds. The minimum absolute atomic E-state index is 0.0531. The Morgan fingerprint density at radius 1 is 1.44 bits per heavy atom. The number of rotatable bonds is 3. The van der Waals surface area contributed by atoms with Crippen LogP contribution in [0.1, 0.15) is 41.0 Å². The van der Waals surface area contributed by atoms with Crippen LogP contribution in [0.4, 0.5) is 0 Å². The lowest BCUT2D eigenvalue weighted by molar-refractivity contribution is -0.219. The molecule has 0 radical (unpaired) electrons. The van der Waals surface area contributed by atoms with Gasteiger partial charge in [-0.2, -0.15) is 0 Å². The van der Waals surface area contributed by atoms with Gasteiger partial charge >= 0.3 is 0 Å². The SMILES string of the molecule is COC(C)(C)OC1C=C(C)C(=O)C(C)(C)C1. The molecular formula is C13H22O3. The first-order valence-corrected chi connectivity index (χ1v) is 5.64. The Bertz CT molecular complexity index is 313. The van der Waals surface area contributed by atoms with Gasteiger partial charge in [-0.15, -0.1) is 0 Å². The molecule has 3 nitrogen and oxygen atoms in total. The summed E-state index contributed by atoms with van der Waals surface area (Å²) in [4.78, 5) is 11.9. The van der Waals surface area contributed by atoms with Gasteiger partial charge in [0.2, 0.25) is 0 Å². The van der Waals surface area contributed by atoms with Crippen LogP contribution in [0.25, 0.3) is 0 Å². The number of carbonyl (C=O) groups excluding carboxylic acids is 1. The first-order chi connectivity index (χ1) is 7.18. The van der Waals surface area contributed by atoms with Crippen molar-refractivity contribution in [2.45, 2.75) is 52.9 Å². The molecule has 0 aromatic rings. The van der Waals surface area contributed by atoms with Crippen molar-refractivity contribution in [2.24, 2.45) is 5.41 Å². The van der Waals surface area contributed by atoms with Crippen LogP contribution in [0, 0.1) is 5.41 Å². The predicted octanol–water partition coefficient (Wildman–Crippen LogP) is 2.70. The third-order valence-corrected chi connectivity index (χ3v) is 3.05. The van der Waals surface area contributed by atoms with Gasteiger partial charge in [-0.05, 0) is 38.8 Å². The van der Waals surface area contributed by atoms with Gasteiger partial charge < -0.3 is 9.47 Å². The standard InChI is InChI=1S/C13H22O3/c1-9-7-10(16-13(4,5)15-6)8-12(2,3)11(9)14/h7,10H,8H2,1-6H3. The fourth-order valence-corrected chi connectivity index (χ4v) is 2.03. The molecule has 0 aliphatic heterocycles. The minimum atomic E-state index is -0.613. The normalized spacial score (nSPS) is 25.5. The van der Waals surface area contributed by atoms with Crippen LogP contribution >= 0.6 is 0 Å². The summed E-state index contributed by atoms with van der Waals surface area (Å²) in [7, 11) is 1.62. The Kier molecular flexibility index (Phi) is 3.60. The molecule has 1 aliphatic rings. The number of hydrogen-bond donors (Lipinski definition) is 0. The fourth-order valence-electron chi connectivity index (χ4n) is 2.03. The van der Waals surface area contributed by atoms with Crippen LogP contribution in [-0.2, 0) is 14.3 Å². The van der Waals surface area contributed by atoms with Crippen LogP contribution < -0.4 is 0 Å². The molecule has 16 heavy (non-hydrogen) atoms. The van der Waals surface area contributed by atoms with Gasteiger partial charge in [0.1, 0.15) is 0 Å². The molecular weight excluding hydrogens is 204 g/mol. The van der Waals surface area contributed by atoms with E-state index in [1.165, 1.54) is 0 Å². The van der Waals surface area contributed by atoms with Gasteiger partial charge in [0, 0.05) is 12.5 Å². The maximum atomic E-state index is 11.9. The fraction of sp³-hybridized carbons (Fsp3) is 0.769. The van der Waals surface area contributed by atoms with Crippen molar-refractivity contribution >= 4 is 5.78 Å². The van der Waals surface area contributed by atoms with Crippen LogP contribution in [-0.4, -0.2) is 24.8 Å². The van der Waals surface area contributed by atoms with E-state index in [1.54, 1.807) is 7.11 Å². The molecule has 0 spiro atoms. The Morgan fingerprint density at radius 3 is 2.44 bits per heavy atom. The van der Waals surface area contributed by atoms with Gasteiger partial charge in [-0.3, -0.25) is 4.79 Å². The quantitative estimate of drug-likeness (QED) is 0.694. The summed E-state index contributed by atoms with van der Waals surface area (Å²) < 4.78 is 11.1. The van der Waals surface area contributed by atoms with E-state index < -0.39 is 5.79 Å². The summed E-state index contributed by atoms with van der Waals surface area (Å²) in [6.45, 7) is 9.52. The maximum Gasteiger partial charge on any atom is 0.164 e. The molecule has 0 saturated heterocycles. The Balaban J connectivity index is 2.82. The van der Waals surface area contributed by atoms with Crippen LogP contribution in [0.2, 0.25) is 0 Å². The second-order valence-corrected chi connectivity index (χ2v) is 5.53. The molecule has 92 valence electrons. The van der Waals surface area contributed by atoms with Gasteiger partial charge in [-0.25, -0.2) is 0 Å². The van der Waals surface area contributed by atoms with Crippen LogP contribution in [0.5, 0.6) is 0 Å². The smallest absolute Gasteiger partial charge is 0.164 e. The summed E-state index contributed by atoms with van der Waals surface area (Å²) in [5.74, 6) is -0.402. The number of methoxy groups -OCH3 is 1. The largest absolute Gasteiger partial charge is 0.354 e. The number of Topliss-reactive ketones (excluding diaryl/α,β-unsaturated/α-hetero) is 1. The van der Waals surface area contributed by atoms with E-state index in [0.29, 0.717) is 6.42 Å². The first kappa shape index (κ1) is 13.4. The molecule has 3 heteroatoms. The maximum absolute atomic E-state index is 11.9. The minimum Gasteiger partial charge on any atom is -0.354 e. The highest BCUT2D eigenvalue weighted by atomic mass is 16.7. The van der Waals surface area contributed by atoms with Crippen LogP contribution in [0.15, 0.2) is 11.6 Å². The van der Waals surface area contributed by atoms with E-state index in [-0.39, 0.29) is 17.3 Å². The summed E-state index contributed by atoms with van der Waals surface area (Å²) in [6, 6.07) is 0. The van der Waals surface area contributed by atoms with Crippen molar-refractivity contribution in [1.82, 2.24) is 0 Å². The van der Waals surface area contributed by atoms with E-state index in [0.717, 1.165) is 5.57 Å². The zero-order valence-corrected chi connectivity index (χ0v) is 11.1. The van der Waals surface area contributed by atoms with Gasteiger partial charge in [0.15, 0.2) is 11.6 Å². The summed E-state index contributed by atoms with van der Waals surface area (Å²) >= 11 is 0. The lowest BCUT2D eigenvalue weighted by Gasteiger charge is -2.36. The third-order valence-electron chi connectivity index (χ3n) is 3.05. The molecule has 1 atom stereocenters. The molecule has 0 aromatic heterocycles. The molecule has 0 aromatic carbocycles. The Hall–Kier alpha value is -0.670. The van der Waals surface area contributed by atoms with Gasteiger partial charge in [0.25, 0.3) is 0 Å². The number of ketones is 1. The second-order valence-electron chi connectivity index (χ2n) is 5.53. The highest BCUT2D eigenvalue weighted by molar-refractivity contribution is 5.99. The molecule has 0 fully saturated rings. The molecule has 0 bridgehead atoms. The number of ether oxygens (including phenoxy) is 2. The highest BCUT2D eigenvalue weighted by Crippen LogP contribution is 2.34. The summed E-state index contributed by atoms with van der Waals surface area (Å²) in [5, 5.41) is 0. The third kappa shape index (κ3) is 2.92. The molecule has 0 saturated carbocycles. The zero-order chi connectivity index (χ0) is 12.6. The number of allylic oxidation sites excluding steroid dienone is 1. The van der Waals surface area contributed by atoms with E-state index in [2.05, 4.69) is 0 Å². The average Bonchev–Trinajstić information content (AvgIpc) is 2.13. The topological polar surface area (TPSA) is 35.5 Å².